The van der Waals surface area contributed by atoms with E-state index in [9.17, 15) is 0 Å². The van der Waals surface area contributed by atoms with Crippen molar-refractivity contribution < 1.29 is 4.74 Å². The van der Waals surface area contributed by atoms with Crippen LogP contribution in [-0.2, 0) is 0 Å². The van der Waals surface area contributed by atoms with Gasteiger partial charge in [0.1, 0.15) is 5.75 Å². The van der Waals surface area contributed by atoms with Gasteiger partial charge in [0.25, 0.3) is 0 Å². The average molecular weight is 236 g/mol. The van der Waals surface area contributed by atoms with Gasteiger partial charge in [-0.2, -0.15) is 0 Å². The number of hydrogen-bond donors (Lipinski definition) is 1. The molecule has 3 nitrogen and oxygen atoms in total. The Morgan fingerprint density at radius 1 is 1.24 bits per heavy atom. The Kier molecular flexibility index (Phi) is 5.45. The van der Waals surface area contributed by atoms with Crippen LogP contribution in [0.1, 0.15) is 25.5 Å². The van der Waals surface area contributed by atoms with Gasteiger partial charge in [0.15, 0.2) is 0 Å². The summed E-state index contributed by atoms with van der Waals surface area (Å²) in [5, 5.41) is 3.53. The standard InChI is InChI=1S/C14H24N2O/c1-6-15-14(11(2)16(3)4)12-7-9-13(17-5)10-8-12/h7-11,14-15H,6H2,1-5H3. The molecule has 0 spiro atoms. The molecule has 1 N–H and O–H groups in total. The third-order valence-electron chi connectivity index (χ3n) is 3.20. The molecule has 0 aliphatic rings. The molecule has 1 aromatic carbocycles. The fourth-order valence-electron chi connectivity index (χ4n) is 1.90. The lowest BCUT2D eigenvalue weighted by Crippen LogP contribution is -2.39. The van der Waals surface area contributed by atoms with E-state index in [0.717, 1.165) is 12.3 Å². The Morgan fingerprint density at radius 2 is 1.82 bits per heavy atom. The van der Waals surface area contributed by atoms with Gasteiger partial charge >= 0.3 is 0 Å². The maximum absolute atomic E-state index is 5.19. The summed E-state index contributed by atoms with van der Waals surface area (Å²) < 4.78 is 5.19. The maximum Gasteiger partial charge on any atom is 0.118 e. The van der Waals surface area contributed by atoms with E-state index in [4.69, 9.17) is 4.74 Å². The van der Waals surface area contributed by atoms with Gasteiger partial charge in [-0.25, -0.2) is 0 Å². The van der Waals surface area contributed by atoms with Crippen LogP contribution in [0.15, 0.2) is 24.3 Å². The second-order valence-corrected chi connectivity index (χ2v) is 4.51. The smallest absolute Gasteiger partial charge is 0.118 e. The van der Waals surface area contributed by atoms with Crippen LogP contribution in [0.4, 0.5) is 0 Å². The lowest BCUT2D eigenvalue weighted by Gasteiger charge is -2.30. The van der Waals surface area contributed by atoms with Gasteiger partial charge in [0, 0.05) is 12.1 Å². The first-order valence-electron chi connectivity index (χ1n) is 6.14. The molecule has 0 aliphatic heterocycles. The SMILES string of the molecule is CCNC(c1ccc(OC)cc1)C(C)N(C)C. The van der Waals surface area contributed by atoms with Gasteiger partial charge in [-0.15, -0.1) is 0 Å². The topological polar surface area (TPSA) is 24.5 Å². The molecule has 0 fully saturated rings. The Balaban J connectivity index is 2.88. The number of benzene rings is 1. The van der Waals surface area contributed by atoms with Crippen molar-refractivity contribution in [3.05, 3.63) is 29.8 Å². The molecule has 0 amide bonds. The molecule has 2 atom stereocenters. The Hall–Kier alpha value is -1.06. The quantitative estimate of drug-likeness (QED) is 0.820. The molecule has 96 valence electrons. The summed E-state index contributed by atoms with van der Waals surface area (Å²) in [6, 6.07) is 9.09. The predicted octanol–water partition coefficient (Wildman–Crippen LogP) is 2.30. The maximum atomic E-state index is 5.19. The van der Waals surface area contributed by atoms with Crippen LogP contribution >= 0.6 is 0 Å². The summed E-state index contributed by atoms with van der Waals surface area (Å²) in [4.78, 5) is 2.23. The molecule has 1 aromatic rings. The van der Waals surface area contributed by atoms with Crippen molar-refractivity contribution in [1.82, 2.24) is 10.2 Å². The lowest BCUT2D eigenvalue weighted by atomic mass is 9.99. The zero-order valence-electron chi connectivity index (χ0n) is 11.5. The summed E-state index contributed by atoms with van der Waals surface area (Å²) in [6.45, 7) is 5.34. The van der Waals surface area contributed by atoms with E-state index < -0.39 is 0 Å². The number of nitrogens with zero attached hydrogens (tertiary/aromatic N) is 1. The highest BCUT2D eigenvalue weighted by atomic mass is 16.5. The second-order valence-electron chi connectivity index (χ2n) is 4.51. The number of hydrogen-bond acceptors (Lipinski definition) is 3. The highest BCUT2D eigenvalue weighted by Crippen LogP contribution is 2.22. The normalized spacial score (nSPS) is 14.7. The minimum Gasteiger partial charge on any atom is -0.497 e. The van der Waals surface area contributed by atoms with E-state index in [-0.39, 0.29) is 0 Å². The van der Waals surface area contributed by atoms with Crippen LogP contribution < -0.4 is 10.1 Å². The summed E-state index contributed by atoms with van der Waals surface area (Å²) in [6.07, 6.45) is 0. The van der Waals surface area contributed by atoms with E-state index in [1.54, 1.807) is 7.11 Å². The highest BCUT2D eigenvalue weighted by molar-refractivity contribution is 5.29. The molecule has 0 saturated heterocycles. The van der Waals surface area contributed by atoms with Crippen LogP contribution in [0, 0.1) is 0 Å². The van der Waals surface area contributed by atoms with E-state index in [1.807, 2.05) is 12.1 Å². The monoisotopic (exact) mass is 236 g/mol. The van der Waals surface area contributed by atoms with Gasteiger partial charge in [0.2, 0.25) is 0 Å². The summed E-state index contributed by atoms with van der Waals surface area (Å²) in [5.74, 6) is 0.904. The molecule has 0 radical (unpaired) electrons. The molecule has 0 saturated carbocycles. The molecule has 17 heavy (non-hydrogen) atoms. The summed E-state index contributed by atoms with van der Waals surface area (Å²) in [5.41, 5.74) is 1.30. The number of nitrogens with one attached hydrogen (secondary N) is 1. The van der Waals surface area contributed by atoms with Gasteiger partial charge in [0.05, 0.1) is 7.11 Å². The second kappa shape index (κ2) is 6.62. The fraction of sp³-hybridized carbons (Fsp3) is 0.571. The number of rotatable bonds is 6. The van der Waals surface area contributed by atoms with E-state index in [2.05, 4.69) is 50.3 Å². The van der Waals surface area contributed by atoms with E-state index in [0.29, 0.717) is 12.1 Å². The van der Waals surface area contributed by atoms with Gasteiger partial charge in [-0.05, 0) is 45.3 Å². The van der Waals surface area contributed by atoms with Crippen molar-refractivity contribution in [3.8, 4) is 5.75 Å². The Morgan fingerprint density at radius 3 is 2.24 bits per heavy atom. The first-order chi connectivity index (χ1) is 8.10. The zero-order chi connectivity index (χ0) is 12.8. The van der Waals surface area contributed by atoms with Crippen molar-refractivity contribution >= 4 is 0 Å². The van der Waals surface area contributed by atoms with Crippen LogP contribution in [0.2, 0.25) is 0 Å². The third kappa shape index (κ3) is 3.72. The number of ether oxygens (including phenoxy) is 1. The van der Waals surface area contributed by atoms with Crippen LogP contribution in [0.5, 0.6) is 5.75 Å². The molecule has 3 heteroatoms. The first-order valence-corrected chi connectivity index (χ1v) is 6.14. The summed E-state index contributed by atoms with van der Waals surface area (Å²) >= 11 is 0. The van der Waals surface area contributed by atoms with E-state index in [1.165, 1.54) is 5.56 Å². The summed E-state index contributed by atoms with van der Waals surface area (Å²) in [7, 11) is 5.91. The third-order valence-corrected chi connectivity index (χ3v) is 3.20. The van der Waals surface area contributed by atoms with Gasteiger partial charge in [-0.1, -0.05) is 19.1 Å². The molecular weight excluding hydrogens is 212 g/mol. The predicted molar refractivity (Wildman–Crippen MR) is 72.6 cm³/mol. The molecule has 1 rings (SSSR count). The Labute approximate surface area is 105 Å². The molecule has 0 aliphatic carbocycles. The number of likely N-dealkylation sites (N-methyl/N-ethyl adjacent to an activating group) is 2. The van der Waals surface area contributed by atoms with Crippen molar-refractivity contribution in [1.29, 1.82) is 0 Å². The van der Waals surface area contributed by atoms with Crippen molar-refractivity contribution in [2.75, 3.05) is 27.7 Å². The number of methoxy groups -OCH3 is 1. The van der Waals surface area contributed by atoms with E-state index >= 15 is 0 Å². The fourth-order valence-corrected chi connectivity index (χ4v) is 1.90. The van der Waals surface area contributed by atoms with Crippen molar-refractivity contribution in [2.45, 2.75) is 25.9 Å². The Bertz CT molecular complexity index is 321. The van der Waals surface area contributed by atoms with Crippen molar-refractivity contribution in [3.63, 3.8) is 0 Å². The van der Waals surface area contributed by atoms with Gasteiger partial charge < -0.3 is 15.0 Å². The molecule has 0 aromatic heterocycles. The molecule has 2 unspecified atom stereocenters. The molecule has 0 heterocycles. The molecular formula is C14H24N2O. The van der Waals surface area contributed by atoms with Crippen LogP contribution in [-0.4, -0.2) is 38.7 Å². The minimum absolute atomic E-state index is 0.348. The van der Waals surface area contributed by atoms with Crippen molar-refractivity contribution in [2.24, 2.45) is 0 Å². The average Bonchev–Trinajstić information content (AvgIpc) is 2.35. The largest absolute Gasteiger partial charge is 0.497 e. The first kappa shape index (κ1) is 14.0. The van der Waals surface area contributed by atoms with Gasteiger partial charge in [-0.3, -0.25) is 0 Å². The van der Waals surface area contributed by atoms with Crippen LogP contribution in [0.3, 0.4) is 0 Å². The molecule has 0 bridgehead atoms. The highest BCUT2D eigenvalue weighted by Gasteiger charge is 2.19. The zero-order valence-corrected chi connectivity index (χ0v) is 11.5. The van der Waals surface area contributed by atoms with Crippen LogP contribution in [0.25, 0.3) is 0 Å². The lowest BCUT2D eigenvalue weighted by molar-refractivity contribution is 0.248. The minimum atomic E-state index is 0.348.